The highest BCUT2D eigenvalue weighted by molar-refractivity contribution is 7.09. The number of carbonyl (C=O) groups is 1. The van der Waals surface area contributed by atoms with Crippen molar-refractivity contribution in [1.82, 2.24) is 9.88 Å². The number of nitrogens with zero attached hydrogens (tertiary/aromatic N) is 2. The average molecular weight is 322 g/mol. The quantitative estimate of drug-likeness (QED) is 0.825. The summed E-state index contributed by atoms with van der Waals surface area (Å²) in [5.41, 5.74) is 0. The smallest absolute Gasteiger partial charge is 0.252 e. The minimum Gasteiger partial charge on any atom is -0.365 e. The highest BCUT2D eigenvalue weighted by atomic mass is 32.1. The van der Waals surface area contributed by atoms with E-state index in [1.807, 2.05) is 16.5 Å². The summed E-state index contributed by atoms with van der Waals surface area (Å²) in [5, 5.41) is 3.07. The van der Waals surface area contributed by atoms with Crippen LogP contribution in [0, 0.1) is 0 Å². The summed E-state index contributed by atoms with van der Waals surface area (Å²) in [6.45, 7) is 2.90. The molecule has 122 valence electrons. The summed E-state index contributed by atoms with van der Waals surface area (Å²) in [4.78, 5) is 19.5. The van der Waals surface area contributed by atoms with E-state index in [0.717, 1.165) is 43.7 Å². The Balaban J connectivity index is 1.69. The number of piperidine rings is 1. The Bertz CT molecular complexity index is 471. The zero-order valence-corrected chi connectivity index (χ0v) is 14.2. The molecular weight excluding hydrogens is 296 g/mol. The van der Waals surface area contributed by atoms with Crippen molar-refractivity contribution in [3.63, 3.8) is 0 Å². The fourth-order valence-electron chi connectivity index (χ4n) is 3.62. The van der Waals surface area contributed by atoms with Crippen LogP contribution in [0.25, 0.3) is 0 Å². The van der Waals surface area contributed by atoms with E-state index in [0.29, 0.717) is 0 Å². The maximum Gasteiger partial charge on any atom is 0.252 e. The van der Waals surface area contributed by atoms with Gasteiger partial charge < -0.3 is 9.64 Å². The number of thiazole rings is 1. The van der Waals surface area contributed by atoms with Crippen LogP contribution >= 0.6 is 11.3 Å². The van der Waals surface area contributed by atoms with Gasteiger partial charge >= 0.3 is 0 Å². The standard InChI is InChI=1S/C17H26N2O2S/c1-2-15(21-13-7-3-4-8-13)17(20)19-11-6-5-9-14(19)16-18-10-12-22-16/h10,12-15H,2-9,11H2,1H3/t14-,15-/m1/s1. The van der Waals surface area contributed by atoms with E-state index in [1.165, 1.54) is 19.3 Å². The van der Waals surface area contributed by atoms with E-state index in [4.69, 9.17) is 4.74 Å². The Morgan fingerprint density at radius 3 is 2.82 bits per heavy atom. The predicted molar refractivity (Wildman–Crippen MR) is 87.8 cm³/mol. The van der Waals surface area contributed by atoms with Crippen molar-refractivity contribution in [3.8, 4) is 0 Å². The topological polar surface area (TPSA) is 42.4 Å². The van der Waals surface area contributed by atoms with Gasteiger partial charge in [0.2, 0.25) is 0 Å². The number of rotatable bonds is 5. The lowest BCUT2D eigenvalue weighted by molar-refractivity contribution is -0.151. The fraction of sp³-hybridized carbons (Fsp3) is 0.765. The third kappa shape index (κ3) is 3.51. The molecule has 2 fully saturated rings. The molecule has 1 aromatic heterocycles. The number of hydrogen-bond donors (Lipinski definition) is 0. The maximum atomic E-state index is 13.0. The van der Waals surface area contributed by atoms with Crippen molar-refractivity contribution in [1.29, 1.82) is 0 Å². The first-order valence-corrected chi connectivity index (χ1v) is 9.53. The van der Waals surface area contributed by atoms with E-state index in [1.54, 1.807) is 11.3 Å². The molecule has 0 radical (unpaired) electrons. The van der Waals surface area contributed by atoms with Crippen LogP contribution in [0.5, 0.6) is 0 Å². The Hall–Kier alpha value is -0.940. The van der Waals surface area contributed by atoms with Gasteiger partial charge in [0.15, 0.2) is 0 Å². The Kier molecular flexibility index (Phi) is 5.47. The fourth-order valence-corrected chi connectivity index (χ4v) is 4.41. The number of carbonyl (C=O) groups excluding carboxylic acids is 1. The molecule has 1 amide bonds. The predicted octanol–water partition coefficient (Wildman–Crippen LogP) is 3.93. The molecule has 1 aromatic rings. The van der Waals surface area contributed by atoms with Crippen molar-refractivity contribution in [2.45, 2.75) is 76.5 Å². The Morgan fingerprint density at radius 2 is 2.14 bits per heavy atom. The molecule has 1 aliphatic carbocycles. The van der Waals surface area contributed by atoms with Gasteiger partial charge in [0, 0.05) is 18.1 Å². The molecule has 2 aliphatic rings. The first-order valence-electron chi connectivity index (χ1n) is 8.65. The van der Waals surface area contributed by atoms with Crippen LogP contribution < -0.4 is 0 Å². The SMILES string of the molecule is CC[C@@H](OC1CCCC1)C(=O)N1CCCC[C@@H]1c1nccs1. The van der Waals surface area contributed by atoms with E-state index < -0.39 is 0 Å². The highest BCUT2D eigenvalue weighted by Gasteiger charge is 2.34. The van der Waals surface area contributed by atoms with Gasteiger partial charge in [-0.05, 0) is 38.5 Å². The number of ether oxygens (including phenoxy) is 1. The molecule has 1 saturated heterocycles. The van der Waals surface area contributed by atoms with Crippen LogP contribution in [-0.2, 0) is 9.53 Å². The lowest BCUT2D eigenvalue weighted by Crippen LogP contribution is -2.45. The number of aromatic nitrogens is 1. The van der Waals surface area contributed by atoms with Crippen LogP contribution in [0.15, 0.2) is 11.6 Å². The Morgan fingerprint density at radius 1 is 1.36 bits per heavy atom. The highest BCUT2D eigenvalue weighted by Crippen LogP contribution is 2.33. The minimum atomic E-state index is -0.274. The molecule has 0 N–H and O–H groups in total. The van der Waals surface area contributed by atoms with Gasteiger partial charge in [-0.15, -0.1) is 11.3 Å². The third-order valence-corrected chi connectivity index (χ3v) is 5.70. The van der Waals surface area contributed by atoms with E-state index in [-0.39, 0.29) is 24.2 Å². The summed E-state index contributed by atoms with van der Waals surface area (Å²) in [6, 6.07) is 0.155. The van der Waals surface area contributed by atoms with Gasteiger partial charge in [0.05, 0.1) is 12.1 Å². The number of likely N-dealkylation sites (tertiary alicyclic amines) is 1. The van der Waals surface area contributed by atoms with Gasteiger partial charge in [-0.1, -0.05) is 19.8 Å². The zero-order valence-electron chi connectivity index (χ0n) is 13.4. The molecule has 0 bridgehead atoms. The molecule has 0 unspecified atom stereocenters. The van der Waals surface area contributed by atoms with Gasteiger partial charge in [0.25, 0.3) is 5.91 Å². The summed E-state index contributed by atoms with van der Waals surface area (Å²) >= 11 is 1.66. The van der Waals surface area contributed by atoms with Crippen molar-refractivity contribution in [2.75, 3.05) is 6.54 Å². The first-order chi connectivity index (χ1) is 10.8. The molecule has 1 saturated carbocycles. The van der Waals surface area contributed by atoms with Gasteiger partial charge in [-0.2, -0.15) is 0 Å². The summed E-state index contributed by atoms with van der Waals surface area (Å²) in [7, 11) is 0. The van der Waals surface area contributed by atoms with Crippen molar-refractivity contribution >= 4 is 17.2 Å². The lowest BCUT2D eigenvalue weighted by Gasteiger charge is -2.37. The second-order valence-corrected chi connectivity index (χ2v) is 7.28. The zero-order chi connectivity index (χ0) is 15.4. The van der Waals surface area contributed by atoms with Crippen LogP contribution in [0.1, 0.15) is 69.3 Å². The second-order valence-electron chi connectivity index (χ2n) is 6.35. The van der Waals surface area contributed by atoms with Crippen molar-refractivity contribution in [3.05, 3.63) is 16.6 Å². The average Bonchev–Trinajstić information content (AvgIpc) is 3.25. The van der Waals surface area contributed by atoms with Crippen LogP contribution in [-0.4, -0.2) is 34.5 Å². The molecule has 2 atom stereocenters. The number of amides is 1. The first kappa shape index (κ1) is 15.9. The Labute approximate surface area is 136 Å². The van der Waals surface area contributed by atoms with Crippen LogP contribution in [0.4, 0.5) is 0 Å². The molecule has 0 spiro atoms. The van der Waals surface area contributed by atoms with Crippen molar-refractivity contribution in [2.24, 2.45) is 0 Å². The van der Waals surface area contributed by atoms with Gasteiger partial charge in [-0.3, -0.25) is 4.79 Å². The summed E-state index contributed by atoms with van der Waals surface area (Å²) < 4.78 is 6.13. The molecule has 3 rings (SSSR count). The van der Waals surface area contributed by atoms with E-state index in [2.05, 4.69) is 11.9 Å². The van der Waals surface area contributed by atoms with E-state index >= 15 is 0 Å². The molecular formula is C17H26N2O2S. The van der Waals surface area contributed by atoms with Crippen LogP contribution in [0.2, 0.25) is 0 Å². The summed E-state index contributed by atoms with van der Waals surface area (Å²) in [5.74, 6) is 0.175. The molecule has 2 heterocycles. The molecule has 22 heavy (non-hydrogen) atoms. The second kappa shape index (κ2) is 7.55. The maximum absolute atomic E-state index is 13.0. The van der Waals surface area contributed by atoms with Crippen LogP contribution in [0.3, 0.4) is 0 Å². The molecule has 4 nitrogen and oxygen atoms in total. The monoisotopic (exact) mass is 322 g/mol. The normalized spacial score (nSPS) is 24.6. The third-order valence-electron chi connectivity index (χ3n) is 4.83. The largest absolute Gasteiger partial charge is 0.365 e. The van der Waals surface area contributed by atoms with E-state index in [9.17, 15) is 4.79 Å². The van der Waals surface area contributed by atoms with Gasteiger partial charge in [0.1, 0.15) is 11.1 Å². The summed E-state index contributed by atoms with van der Waals surface area (Å²) in [6.07, 6.45) is 10.6. The molecule has 5 heteroatoms. The lowest BCUT2D eigenvalue weighted by atomic mass is 10.0. The van der Waals surface area contributed by atoms with Crippen molar-refractivity contribution < 1.29 is 9.53 Å². The minimum absolute atomic E-state index is 0.155. The number of hydrogen-bond acceptors (Lipinski definition) is 4. The molecule has 1 aliphatic heterocycles. The van der Waals surface area contributed by atoms with Gasteiger partial charge in [-0.25, -0.2) is 4.98 Å². The molecule has 0 aromatic carbocycles.